The second-order valence-corrected chi connectivity index (χ2v) is 5.92. The van der Waals surface area contributed by atoms with E-state index in [9.17, 15) is 4.79 Å². The Morgan fingerprint density at radius 1 is 1.17 bits per heavy atom. The van der Waals surface area contributed by atoms with Gasteiger partial charge in [0.1, 0.15) is 5.75 Å². The summed E-state index contributed by atoms with van der Waals surface area (Å²) in [5.74, 6) is 0.601. The van der Waals surface area contributed by atoms with Gasteiger partial charge in [0.05, 0.1) is 12.8 Å². The first-order chi connectivity index (χ1) is 11.2. The minimum Gasteiger partial charge on any atom is -0.496 e. The summed E-state index contributed by atoms with van der Waals surface area (Å²) in [7, 11) is 1.64. The third-order valence-corrected chi connectivity index (χ3v) is 4.15. The van der Waals surface area contributed by atoms with Gasteiger partial charge < -0.3 is 4.74 Å². The molecule has 1 N–H and O–H groups in total. The van der Waals surface area contributed by atoms with Crippen LogP contribution in [0.3, 0.4) is 0 Å². The van der Waals surface area contributed by atoms with Crippen molar-refractivity contribution in [3.05, 3.63) is 65.0 Å². The third-order valence-electron chi connectivity index (χ3n) is 3.39. The number of methoxy groups -OCH3 is 1. The molecule has 0 saturated carbocycles. The number of hydrogen-bond acceptors (Lipinski definition) is 4. The standard InChI is InChI=1S/C18H16N2O2S/c1-12-8-9-16(22-2)14(10-12)15-11-23-18(19-15)20-17(21)13-6-4-3-5-7-13/h3-11H,1-2H3,(H,19,20,21). The lowest BCUT2D eigenvalue weighted by molar-refractivity contribution is 0.102. The zero-order valence-corrected chi connectivity index (χ0v) is 13.7. The molecule has 0 saturated heterocycles. The fraction of sp³-hybridized carbons (Fsp3) is 0.111. The Balaban J connectivity index is 1.84. The molecule has 0 aliphatic carbocycles. The van der Waals surface area contributed by atoms with E-state index in [-0.39, 0.29) is 5.91 Å². The normalized spacial score (nSPS) is 10.3. The topological polar surface area (TPSA) is 51.2 Å². The van der Waals surface area contributed by atoms with Crippen LogP contribution in [0.2, 0.25) is 0 Å². The van der Waals surface area contributed by atoms with Crippen molar-refractivity contribution in [2.24, 2.45) is 0 Å². The highest BCUT2D eigenvalue weighted by atomic mass is 32.1. The molecule has 4 nitrogen and oxygen atoms in total. The molecule has 23 heavy (non-hydrogen) atoms. The van der Waals surface area contributed by atoms with Crippen molar-refractivity contribution in [2.45, 2.75) is 6.92 Å². The Kier molecular flexibility index (Phi) is 4.39. The molecule has 0 bridgehead atoms. The second kappa shape index (κ2) is 6.62. The van der Waals surface area contributed by atoms with Crippen LogP contribution in [-0.4, -0.2) is 18.0 Å². The highest BCUT2D eigenvalue weighted by Crippen LogP contribution is 2.33. The molecule has 3 aromatic rings. The minimum atomic E-state index is -0.164. The number of anilines is 1. The van der Waals surface area contributed by atoms with E-state index in [4.69, 9.17) is 4.74 Å². The molecule has 3 rings (SSSR count). The Bertz CT molecular complexity index is 828. The molecule has 1 aromatic heterocycles. The lowest BCUT2D eigenvalue weighted by Crippen LogP contribution is -2.11. The van der Waals surface area contributed by atoms with Crippen LogP contribution in [0.5, 0.6) is 5.75 Å². The van der Waals surface area contributed by atoms with Crippen LogP contribution in [0.4, 0.5) is 5.13 Å². The summed E-state index contributed by atoms with van der Waals surface area (Å²) in [5.41, 5.74) is 3.45. The van der Waals surface area contributed by atoms with Gasteiger partial charge >= 0.3 is 0 Å². The van der Waals surface area contributed by atoms with Gasteiger partial charge in [-0.1, -0.05) is 29.8 Å². The molecule has 0 radical (unpaired) electrons. The summed E-state index contributed by atoms with van der Waals surface area (Å²) in [6.07, 6.45) is 0. The van der Waals surface area contributed by atoms with Crippen molar-refractivity contribution >= 4 is 22.4 Å². The summed E-state index contributed by atoms with van der Waals surface area (Å²) >= 11 is 1.39. The van der Waals surface area contributed by atoms with Crippen molar-refractivity contribution in [3.8, 4) is 17.0 Å². The lowest BCUT2D eigenvalue weighted by atomic mass is 10.1. The van der Waals surface area contributed by atoms with Gasteiger partial charge in [0, 0.05) is 16.5 Å². The zero-order chi connectivity index (χ0) is 16.2. The van der Waals surface area contributed by atoms with Gasteiger partial charge in [-0.3, -0.25) is 10.1 Å². The number of rotatable bonds is 4. The first-order valence-corrected chi connectivity index (χ1v) is 8.02. The van der Waals surface area contributed by atoms with Gasteiger partial charge in [0.25, 0.3) is 5.91 Å². The molecule has 0 spiro atoms. The number of nitrogens with one attached hydrogen (secondary N) is 1. The van der Waals surface area contributed by atoms with Gasteiger partial charge in [-0.15, -0.1) is 11.3 Å². The molecule has 116 valence electrons. The average Bonchev–Trinajstić information content (AvgIpc) is 3.04. The summed E-state index contributed by atoms with van der Waals surface area (Å²) in [5, 5.41) is 5.31. The number of ether oxygens (including phenoxy) is 1. The SMILES string of the molecule is COc1ccc(C)cc1-c1csc(NC(=O)c2ccccc2)n1. The Morgan fingerprint density at radius 2 is 1.96 bits per heavy atom. The Labute approximate surface area is 138 Å². The van der Waals surface area contributed by atoms with Crippen LogP contribution < -0.4 is 10.1 Å². The zero-order valence-electron chi connectivity index (χ0n) is 12.9. The van der Waals surface area contributed by atoms with Crippen LogP contribution in [0.1, 0.15) is 15.9 Å². The van der Waals surface area contributed by atoms with Crippen molar-refractivity contribution < 1.29 is 9.53 Å². The molecular formula is C18H16N2O2S. The van der Waals surface area contributed by atoms with Crippen molar-refractivity contribution in [2.75, 3.05) is 12.4 Å². The molecule has 5 heteroatoms. The minimum absolute atomic E-state index is 0.164. The number of nitrogens with zero attached hydrogens (tertiary/aromatic N) is 1. The molecule has 0 unspecified atom stereocenters. The van der Waals surface area contributed by atoms with Gasteiger partial charge in [-0.25, -0.2) is 4.98 Å². The Morgan fingerprint density at radius 3 is 2.70 bits per heavy atom. The van der Waals surface area contributed by atoms with E-state index in [0.29, 0.717) is 10.7 Å². The number of aryl methyl sites for hydroxylation is 1. The quantitative estimate of drug-likeness (QED) is 0.775. The number of aromatic nitrogens is 1. The number of benzene rings is 2. The van der Waals surface area contributed by atoms with Crippen LogP contribution in [0.15, 0.2) is 53.9 Å². The number of hydrogen-bond donors (Lipinski definition) is 1. The summed E-state index contributed by atoms with van der Waals surface area (Å²) in [6.45, 7) is 2.02. The van der Waals surface area contributed by atoms with Gasteiger partial charge in [-0.2, -0.15) is 0 Å². The van der Waals surface area contributed by atoms with Crippen molar-refractivity contribution in [1.82, 2.24) is 4.98 Å². The predicted molar refractivity (Wildman–Crippen MR) is 93.2 cm³/mol. The lowest BCUT2D eigenvalue weighted by Gasteiger charge is -2.07. The summed E-state index contributed by atoms with van der Waals surface area (Å²) in [4.78, 5) is 16.7. The van der Waals surface area contributed by atoms with Gasteiger partial charge in [0.15, 0.2) is 5.13 Å². The van der Waals surface area contributed by atoms with E-state index >= 15 is 0 Å². The van der Waals surface area contributed by atoms with Crippen LogP contribution >= 0.6 is 11.3 Å². The van der Waals surface area contributed by atoms with Crippen molar-refractivity contribution in [1.29, 1.82) is 0 Å². The number of carbonyl (C=O) groups excluding carboxylic acids is 1. The van der Waals surface area contributed by atoms with E-state index in [1.165, 1.54) is 11.3 Å². The summed E-state index contributed by atoms with van der Waals surface area (Å²) < 4.78 is 5.39. The molecule has 0 atom stereocenters. The van der Waals surface area contributed by atoms with E-state index < -0.39 is 0 Å². The molecule has 0 aliphatic rings. The Hall–Kier alpha value is -2.66. The number of carbonyl (C=O) groups is 1. The maximum atomic E-state index is 12.2. The largest absolute Gasteiger partial charge is 0.496 e. The molecule has 1 heterocycles. The number of amides is 1. The monoisotopic (exact) mass is 324 g/mol. The van der Waals surface area contributed by atoms with Crippen molar-refractivity contribution in [3.63, 3.8) is 0 Å². The molecule has 0 fully saturated rings. The summed E-state index contributed by atoms with van der Waals surface area (Å²) in [6, 6.07) is 15.0. The van der Waals surface area contributed by atoms with E-state index in [2.05, 4.69) is 10.3 Å². The highest BCUT2D eigenvalue weighted by Gasteiger charge is 2.12. The van der Waals surface area contributed by atoms with E-state index in [0.717, 1.165) is 22.6 Å². The van der Waals surface area contributed by atoms with Gasteiger partial charge in [0.2, 0.25) is 0 Å². The fourth-order valence-electron chi connectivity index (χ4n) is 2.24. The predicted octanol–water partition coefficient (Wildman–Crippen LogP) is 4.38. The van der Waals surface area contributed by atoms with Gasteiger partial charge in [-0.05, 0) is 31.2 Å². The first-order valence-electron chi connectivity index (χ1n) is 7.14. The van der Waals surface area contributed by atoms with Crippen LogP contribution in [0, 0.1) is 6.92 Å². The number of thiazole rings is 1. The first kappa shape index (κ1) is 15.2. The molecule has 2 aromatic carbocycles. The smallest absolute Gasteiger partial charge is 0.257 e. The second-order valence-electron chi connectivity index (χ2n) is 5.06. The average molecular weight is 324 g/mol. The molecule has 0 aliphatic heterocycles. The van der Waals surface area contributed by atoms with E-state index in [1.54, 1.807) is 19.2 Å². The molecular weight excluding hydrogens is 308 g/mol. The molecule has 1 amide bonds. The maximum Gasteiger partial charge on any atom is 0.257 e. The van der Waals surface area contributed by atoms with Crippen LogP contribution in [-0.2, 0) is 0 Å². The maximum absolute atomic E-state index is 12.2. The third kappa shape index (κ3) is 3.40. The van der Waals surface area contributed by atoms with E-state index in [1.807, 2.05) is 48.7 Å². The van der Waals surface area contributed by atoms with Crippen LogP contribution in [0.25, 0.3) is 11.3 Å². The highest BCUT2D eigenvalue weighted by molar-refractivity contribution is 7.14. The fourth-order valence-corrected chi connectivity index (χ4v) is 2.94.